The molecule has 2 nitrogen and oxygen atoms in total. The molecule has 0 saturated carbocycles. The summed E-state index contributed by atoms with van der Waals surface area (Å²) in [4.78, 5) is 14.5. The highest BCUT2D eigenvalue weighted by Gasteiger charge is 2.20. The van der Waals surface area contributed by atoms with Crippen molar-refractivity contribution in [3.8, 4) is 0 Å². The van der Waals surface area contributed by atoms with E-state index in [4.69, 9.17) is 0 Å². The topological polar surface area (TPSA) is 37.3 Å². The van der Waals surface area contributed by atoms with Crippen molar-refractivity contribution >= 4 is 34.6 Å². The summed E-state index contributed by atoms with van der Waals surface area (Å²) in [6.07, 6.45) is 0. The van der Waals surface area contributed by atoms with Gasteiger partial charge in [-0.05, 0) is 29.5 Å². The number of carboxylic acid groups (broad SMARTS) is 1. The van der Waals surface area contributed by atoms with E-state index in [0.717, 1.165) is 26.5 Å². The Bertz CT molecular complexity index is 823. The Kier molecular flexibility index (Phi) is 5.18. The molecule has 0 atom stereocenters. The van der Waals surface area contributed by atoms with Gasteiger partial charge in [0.1, 0.15) is 4.91 Å². The maximum atomic E-state index is 12.0. The van der Waals surface area contributed by atoms with Gasteiger partial charge in [0.25, 0.3) is 0 Å². The molecule has 0 aliphatic rings. The molecule has 3 aromatic rings. The van der Waals surface area contributed by atoms with Crippen LogP contribution in [0.5, 0.6) is 0 Å². The molecule has 0 amide bonds. The van der Waals surface area contributed by atoms with E-state index in [9.17, 15) is 9.90 Å². The van der Waals surface area contributed by atoms with E-state index < -0.39 is 5.97 Å². The lowest BCUT2D eigenvalue weighted by Crippen LogP contribution is -2.03. The average Bonchev–Trinajstić information content (AvgIpc) is 3.01. The Morgan fingerprint density at radius 3 is 1.88 bits per heavy atom. The van der Waals surface area contributed by atoms with E-state index in [1.165, 1.54) is 11.8 Å². The third-order valence-corrected chi connectivity index (χ3v) is 5.79. The molecule has 3 rings (SSSR count). The van der Waals surface area contributed by atoms with Crippen LogP contribution in [0.2, 0.25) is 0 Å². The normalized spacial score (nSPS) is 10.4. The molecule has 0 unspecified atom stereocenters. The summed E-state index contributed by atoms with van der Waals surface area (Å²) in [5.41, 5.74) is 2.56. The van der Waals surface area contributed by atoms with Gasteiger partial charge in [0.2, 0.25) is 0 Å². The standard InChI is InChI=1S/C20H16O2S2/c1-14-17(12-13-23-14)24-19(20(21)22)18(15-8-4-2-5-9-15)16-10-6-3-7-11-16/h2-13H,1H3,(H,21,22). The van der Waals surface area contributed by atoms with Gasteiger partial charge in [-0.25, -0.2) is 4.79 Å². The molecule has 0 aliphatic carbocycles. The van der Waals surface area contributed by atoms with Crippen LogP contribution in [0.3, 0.4) is 0 Å². The largest absolute Gasteiger partial charge is 0.477 e. The first-order valence-corrected chi connectivity index (χ1v) is 9.17. The van der Waals surface area contributed by atoms with Gasteiger partial charge in [0.05, 0.1) is 0 Å². The zero-order valence-corrected chi connectivity index (χ0v) is 14.7. The van der Waals surface area contributed by atoms with E-state index in [-0.39, 0.29) is 0 Å². The Morgan fingerprint density at radius 2 is 1.46 bits per heavy atom. The molecule has 1 heterocycles. The summed E-state index contributed by atoms with van der Waals surface area (Å²) >= 11 is 2.94. The number of hydrogen-bond acceptors (Lipinski definition) is 3. The first-order valence-electron chi connectivity index (χ1n) is 7.47. The minimum absolute atomic E-state index is 0.342. The van der Waals surface area contributed by atoms with Crippen LogP contribution in [0, 0.1) is 6.92 Å². The number of benzene rings is 2. The van der Waals surface area contributed by atoms with Crippen molar-refractivity contribution in [3.63, 3.8) is 0 Å². The number of carboxylic acids is 1. The van der Waals surface area contributed by atoms with Gasteiger partial charge < -0.3 is 5.11 Å². The van der Waals surface area contributed by atoms with Crippen LogP contribution in [0.1, 0.15) is 16.0 Å². The van der Waals surface area contributed by atoms with Crippen LogP contribution in [0.25, 0.3) is 5.57 Å². The number of thiophene rings is 1. The van der Waals surface area contributed by atoms with Crippen LogP contribution in [-0.2, 0) is 4.79 Å². The van der Waals surface area contributed by atoms with E-state index in [0.29, 0.717) is 4.91 Å². The molecule has 0 aliphatic heterocycles. The lowest BCUT2D eigenvalue weighted by Gasteiger charge is -2.13. The van der Waals surface area contributed by atoms with E-state index >= 15 is 0 Å². The molecule has 0 saturated heterocycles. The monoisotopic (exact) mass is 352 g/mol. The van der Waals surface area contributed by atoms with Crippen LogP contribution in [0.4, 0.5) is 0 Å². The maximum absolute atomic E-state index is 12.0. The molecule has 0 bridgehead atoms. The van der Waals surface area contributed by atoms with Crippen molar-refractivity contribution in [2.24, 2.45) is 0 Å². The Labute approximate surface area is 149 Å². The zero-order chi connectivity index (χ0) is 16.9. The number of thioether (sulfide) groups is 1. The fraction of sp³-hybridized carbons (Fsp3) is 0.0500. The summed E-state index contributed by atoms with van der Waals surface area (Å²) in [6, 6.07) is 21.4. The first kappa shape index (κ1) is 16.6. The van der Waals surface area contributed by atoms with E-state index in [1.807, 2.05) is 79.0 Å². The van der Waals surface area contributed by atoms with Crippen molar-refractivity contribution < 1.29 is 9.90 Å². The van der Waals surface area contributed by atoms with E-state index in [2.05, 4.69) is 0 Å². The van der Waals surface area contributed by atoms with Gasteiger partial charge in [-0.15, -0.1) is 11.3 Å². The zero-order valence-electron chi connectivity index (χ0n) is 13.1. The second-order valence-electron chi connectivity index (χ2n) is 5.18. The molecule has 0 radical (unpaired) electrons. The third kappa shape index (κ3) is 3.61. The van der Waals surface area contributed by atoms with E-state index in [1.54, 1.807) is 11.3 Å². The van der Waals surface area contributed by atoms with Crippen molar-refractivity contribution in [3.05, 3.63) is 93.0 Å². The highest BCUT2D eigenvalue weighted by molar-refractivity contribution is 8.04. The molecule has 0 spiro atoms. The van der Waals surface area contributed by atoms with Crippen LogP contribution in [0.15, 0.2) is 81.9 Å². The molecule has 120 valence electrons. The molecule has 0 fully saturated rings. The second kappa shape index (κ2) is 7.51. The number of aliphatic carboxylic acids is 1. The number of aryl methyl sites for hydroxylation is 1. The lowest BCUT2D eigenvalue weighted by molar-refractivity contribution is -0.131. The summed E-state index contributed by atoms with van der Waals surface area (Å²) in [5.74, 6) is -0.909. The predicted octanol–water partition coefficient (Wildman–Crippen LogP) is 5.69. The van der Waals surface area contributed by atoms with Gasteiger partial charge in [-0.2, -0.15) is 0 Å². The summed E-state index contributed by atoms with van der Waals surface area (Å²) in [6.45, 7) is 2.01. The van der Waals surface area contributed by atoms with Gasteiger partial charge in [0.15, 0.2) is 0 Å². The molecule has 1 aromatic heterocycles. The first-order chi connectivity index (χ1) is 11.7. The average molecular weight is 352 g/mol. The molecular weight excluding hydrogens is 336 g/mol. The van der Waals surface area contributed by atoms with Crippen molar-refractivity contribution in [2.45, 2.75) is 11.8 Å². The second-order valence-corrected chi connectivity index (χ2v) is 7.36. The minimum atomic E-state index is -0.909. The summed E-state index contributed by atoms with van der Waals surface area (Å²) in [7, 11) is 0. The highest BCUT2D eigenvalue weighted by atomic mass is 32.2. The van der Waals surface area contributed by atoms with Crippen LogP contribution < -0.4 is 0 Å². The SMILES string of the molecule is Cc1sccc1SC(C(=O)O)=C(c1ccccc1)c1ccccc1. The molecule has 2 aromatic carbocycles. The Hall–Kier alpha value is -2.30. The Balaban J connectivity index is 2.21. The van der Waals surface area contributed by atoms with Crippen LogP contribution >= 0.6 is 23.1 Å². The minimum Gasteiger partial charge on any atom is -0.477 e. The number of carbonyl (C=O) groups is 1. The molecule has 4 heteroatoms. The smallest absolute Gasteiger partial charge is 0.343 e. The lowest BCUT2D eigenvalue weighted by atomic mass is 9.97. The molecular formula is C20H16O2S2. The number of rotatable bonds is 5. The van der Waals surface area contributed by atoms with Gasteiger partial charge >= 0.3 is 5.97 Å². The van der Waals surface area contributed by atoms with Crippen molar-refractivity contribution in [1.82, 2.24) is 0 Å². The van der Waals surface area contributed by atoms with Crippen molar-refractivity contribution in [2.75, 3.05) is 0 Å². The van der Waals surface area contributed by atoms with Crippen LogP contribution in [-0.4, -0.2) is 11.1 Å². The predicted molar refractivity (Wildman–Crippen MR) is 101 cm³/mol. The molecule has 24 heavy (non-hydrogen) atoms. The van der Waals surface area contributed by atoms with Gasteiger partial charge in [-0.3, -0.25) is 0 Å². The van der Waals surface area contributed by atoms with Gasteiger partial charge in [-0.1, -0.05) is 72.4 Å². The third-order valence-electron chi connectivity index (χ3n) is 3.57. The quantitative estimate of drug-likeness (QED) is 0.473. The maximum Gasteiger partial charge on any atom is 0.343 e. The summed E-state index contributed by atoms with van der Waals surface area (Å²) < 4.78 is 0. The van der Waals surface area contributed by atoms with Crippen molar-refractivity contribution in [1.29, 1.82) is 0 Å². The Morgan fingerprint density at radius 1 is 0.917 bits per heavy atom. The fourth-order valence-corrected chi connectivity index (χ4v) is 4.30. The number of hydrogen-bond donors (Lipinski definition) is 1. The highest BCUT2D eigenvalue weighted by Crippen LogP contribution is 2.39. The molecule has 1 N–H and O–H groups in total. The summed E-state index contributed by atoms with van der Waals surface area (Å²) in [5, 5.41) is 11.9. The fourth-order valence-electron chi connectivity index (χ4n) is 2.43. The van der Waals surface area contributed by atoms with Gasteiger partial charge in [0, 0.05) is 15.3 Å².